The topological polar surface area (TPSA) is 71.8 Å². The highest BCUT2D eigenvalue weighted by atomic mass is 16.5. The van der Waals surface area contributed by atoms with E-state index in [2.05, 4.69) is 4.98 Å². The van der Waals surface area contributed by atoms with E-state index in [1.807, 2.05) is 44.2 Å². The SMILES string of the molecule is CCc1nc(C)cn1C(=O)c1cc2cc(OC)c(OC)cc2c2cc(OC)c(OC)cc12. The summed E-state index contributed by atoms with van der Waals surface area (Å²) in [6, 6.07) is 9.39. The summed E-state index contributed by atoms with van der Waals surface area (Å²) < 4.78 is 23.7. The molecule has 166 valence electrons. The van der Waals surface area contributed by atoms with Crippen molar-refractivity contribution in [3.63, 3.8) is 0 Å². The number of methoxy groups -OCH3 is 4. The zero-order chi connectivity index (χ0) is 23.0. The van der Waals surface area contributed by atoms with Gasteiger partial charge in [0.15, 0.2) is 23.0 Å². The van der Waals surface area contributed by atoms with E-state index in [0.29, 0.717) is 40.8 Å². The van der Waals surface area contributed by atoms with E-state index in [4.69, 9.17) is 18.9 Å². The summed E-state index contributed by atoms with van der Waals surface area (Å²) in [5, 5.41) is 3.36. The molecule has 4 rings (SSSR count). The lowest BCUT2D eigenvalue weighted by atomic mass is 9.95. The van der Waals surface area contributed by atoms with Crippen LogP contribution >= 0.6 is 0 Å². The highest BCUT2D eigenvalue weighted by molar-refractivity contribution is 6.18. The lowest BCUT2D eigenvalue weighted by Gasteiger charge is -2.16. The van der Waals surface area contributed by atoms with Crippen molar-refractivity contribution < 1.29 is 23.7 Å². The van der Waals surface area contributed by atoms with Crippen LogP contribution in [0.1, 0.15) is 28.8 Å². The summed E-state index contributed by atoms with van der Waals surface area (Å²) in [7, 11) is 6.36. The summed E-state index contributed by atoms with van der Waals surface area (Å²) >= 11 is 0. The number of aromatic nitrogens is 2. The number of hydrogen-bond donors (Lipinski definition) is 0. The summed E-state index contributed by atoms with van der Waals surface area (Å²) in [6.45, 7) is 3.86. The predicted octanol–water partition coefficient (Wildman–Crippen LogP) is 4.78. The number of carbonyl (C=O) groups excluding carboxylic acids is 1. The lowest BCUT2D eigenvalue weighted by Crippen LogP contribution is -2.15. The Morgan fingerprint density at radius 2 is 1.34 bits per heavy atom. The van der Waals surface area contributed by atoms with Crippen LogP contribution < -0.4 is 18.9 Å². The van der Waals surface area contributed by atoms with Crippen LogP contribution in [-0.2, 0) is 6.42 Å². The summed E-state index contributed by atoms with van der Waals surface area (Å²) in [5.74, 6) is 2.88. The molecule has 0 N–H and O–H groups in total. The van der Waals surface area contributed by atoms with E-state index in [1.165, 1.54) is 0 Å². The smallest absolute Gasteiger partial charge is 0.263 e. The first kappa shape index (κ1) is 21.5. The highest BCUT2D eigenvalue weighted by Crippen LogP contribution is 2.41. The van der Waals surface area contributed by atoms with Crippen LogP contribution in [-0.4, -0.2) is 43.9 Å². The number of nitrogens with zero attached hydrogens (tertiary/aromatic N) is 2. The molecule has 0 bridgehead atoms. The third-order valence-corrected chi connectivity index (χ3v) is 5.62. The van der Waals surface area contributed by atoms with Crippen molar-refractivity contribution in [3.8, 4) is 23.0 Å². The molecule has 0 atom stereocenters. The Morgan fingerprint density at radius 3 is 1.91 bits per heavy atom. The van der Waals surface area contributed by atoms with Gasteiger partial charge in [-0.05, 0) is 58.8 Å². The van der Waals surface area contributed by atoms with Gasteiger partial charge in [0.1, 0.15) is 5.82 Å². The monoisotopic (exact) mass is 434 g/mol. The first-order valence-corrected chi connectivity index (χ1v) is 10.3. The number of carbonyl (C=O) groups is 1. The molecule has 1 aromatic heterocycles. The van der Waals surface area contributed by atoms with Crippen molar-refractivity contribution in [2.75, 3.05) is 28.4 Å². The average molecular weight is 434 g/mol. The average Bonchev–Trinajstić information content (AvgIpc) is 3.21. The van der Waals surface area contributed by atoms with Gasteiger partial charge in [-0.25, -0.2) is 4.98 Å². The number of fused-ring (bicyclic) bond motifs is 3. The molecule has 0 unspecified atom stereocenters. The van der Waals surface area contributed by atoms with E-state index in [1.54, 1.807) is 39.2 Å². The Morgan fingerprint density at radius 1 is 0.812 bits per heavy atom. The molecule has 0 fully saturated rings. The molecule has 0 radical (unpaired) electrons. The largest absolute Gasteiger partial charge is 0.493 e. The molecule has 7 heteroatoms. The fourth-order valence-corrected chi connectivity index (χ4v) is 4.08. The van der Waals surface area contributed by atoms with Crippen molar-refractivity contribution in [3.05, 3.63) is 53.6 Å². The van der Waals surface area contributed by atoms with Gasteiger partial charge < -0.3 is 18.9 Å². The van der Waals surface area contributed by atoms with Crippen LogP contribution in [0.2, 0.25) is 0 Å². The standard InChI is InChI=1S/C25H26N2O5/c1-7-24-26-14(2)13-27(24)25(28)19-8-15-9-20(29-3)21(30-4)10-16(15)17-11-22(31-5)23(32-6)12-18(17)19/h8-13H,7H2,1-6H3. The van der Waals surface area contributed by atoms with E-state index >= 15 is 0 Å². The summed E-state index contributed by atoms with van der Waals surface area (Å²) in [5.41, 5.74) is 1.33. The third-order valence-electron chi connectivity index (χ3n) is 5.62. The molecule has 0 amide bonds. The van der Waals surface area contributed by atoms with Crippen LogP contribution in [0.15, 0.2) is 36.5 Å². The molecule has 1 heterocycles. The molecule has 0 aliphatic heterocycles. The highest BCUT2D eigenvalue weighted by Gasteiger charge is 2.21. The Kier molecular flexibility index (Phi) is 5.65. The number of benzene rings is 3. The van der Waals surface area contributed by atoms with Crippen molar-refractivity contribution in [2.24, 2.45) is 0 Å². The Hall–Kier alpha value is -3.74. The molecular formula is C25H26N2O5. The molecule has 4 aromatic rings. The van der Waals surface area contributed by atoms with Gasteiger partial charge in [-0.3, -0.25) is 9.36 Å². The number of ether oxygens (including phenoxy) is 4. The maximum absolute atomic E-state index is 13.7. The van der Waals surface area contributed by atoms with Crippen LogP contribution in [0.4, 0.5) is 0 Å². The van der Waals surface area contributed by atoms with Gasteiger partial charge in [0.05, 0.1) is 34.1 Å². The van der Waals surface area contributed by atoms with Crippen LogP contribution in [0.25, 0.3) is 21.5 Å². The number of aryl methyl sites for hydroxylation is 2. The molecule has 0 saturated carbocycles. The summed E-state index contributed by atoms with van der Waals surface area (Å²) in [4.78, 5) is 18.2. The molecule has 7 nitrogen and oxygen atoms in total. The van der Waals surface area contributed by atoms with Crippen LogP contribution in [0.3, 0.4) is 0 Å². The minimum absolute atomic E-state index is 0.156. The second-order valence-electron chi connectivity index (χ2n) is 7.43. The Labute approximate surface area is 186 Å². The first-order chi connectivity index (χ1) is 15.4. The second-order valence-corrected chi connectivity index (χ2v) is 7.43. The van der Waals surface area contributed by atoms with E-state index in [0.717, 1.165) is 27.2 Å². The van der Waals surface area contributed by atoms with E-state index < -0.39 is 0 Å². The minimum Gasteiger partial charge on any atom is -0.493 e. The van der Waals surface area contributed by atoms with Gasteiger partial charge in [-0.15, -0.1) is 0 Å². The number of hydrogen-bond acceptors (Lipinski definition) is 6. The predicted molar refractivity (Wildman–Crippen MR) is 124 cm³/mol. The zero-order valence-electron chi connectivity index (χ0n) is 19.1. The second kappa shape index (κ2) is 8.42. The van der Waals surface area contributed by atoms with Crippen molar-refractivity contribution in [2.45, 2.75) is 20.3 Å². The van der Waals surface area contributed by atoms with E-state index in [-0.39, 0.29) is 5.91 Å². The van der Waals surface area contributed by atoms with Gasteiger partial charge in [0.2, 0.25) is 0 Å². The number of imidazole rings is 1. The van der Waals surface area contributed by atoms with Crippen LogP contribution in [0, 0.1) is 6.92 Å². The molecular weight excluding hydrogens is 408 g/mol. The molecule has 0 saturated heterocycles. The molecule has 0 spiro atoms. The minimum atomic E-state index is -0.156. The maximum atomic E-state index is 13.7. The van der Waals surface area contributed by atoms with Gasteiger partial charge in [0, 0.05) is 18.2 Å². The van der Waals surface area contributed by atoms with Crippen molar-refractivity contribution >= 4 is 27.5 Å². The fourth-order valence-electron chi connectivity index (χ4n) is 4.08. The van der Waals surface area contributed by atoms with Crippen molar-refractivity contribution in [1.82, 2.24) is 9.55 Å². The van der Waals surface area contributed by atoms with Gasteiger partial charge in [-0.2, -0.15) is 0 Å². The normalized spacial score (nSPS) is 11.1. The van der Waals surface area contributed by atoms with Gasteiger partial charge in [0.25, 0.3) is 5.91 Å². The molecule has 3 aromatic carbocycles. The lowest BCUT2D eigenvalue weighted by molar-refractivity contribution is 0.0958. The van der Waals surface area contributed by atoms with Crippen LogP contribution in [0.5, 0.6) is 23.0 Å². The Bertz CT molecular complexity index is 1340. The third kappa shape index (κ3) is 3.39. The molecule has 0 aliphatic carbocycles. The number of rotatable bonds is 6. The Balaban J connectivity index is 2.11. The van der Waals surface area contributed by atoms with Gasteiger partial charge in [-0.1, -0.05) is 6.92 Å². The molecule has 0 aliphatic rings. The molecule has 32 heavy (non-hydrogen) atoms. The zero-order valence-corrected chi connectivity index (χ0v) is 19.1. The summed E-state index contributed by atoms with van der Waals surface area (Å²) in [6.07, 6.45) is 2.42. The van der Waals surface area contributed by atoms with E-state index in [9.17, 15) is 4.79 Å². The fraction of sp³-hybridized carbons (Fsp3) is 0.280. The maximum Gasteiger partial charge on any atom is 0.263 e. The van der Waals surface area contributed by atoms with Gasteiger partial charge >= 0.3 is 0 Å². The quantitative estimate of drug-likeness (QED) is 0.407. The first-order valence-electron chi connectivity index (χ1n) is 10.3. The van der Waals surface area contributed by atoms with Crippen molar-refractivity contribution in [1.29, 1.82) is 0 Å².